The number of hydrogen-bond donors (Lipinski definition) is 3. The molecule has 224 valence electrons. The Morgan fingerprint density at radius 1 is 0.439 bits per heavy atom. The molecule has 0 fully saturated rings. The molecule has 0 spiro atoms. The lowest BCUT2D eigenvalue weighted by Crippen LogP contribution is -2.40. The number of nitrogens with zero attached hydrogens (tertiary/aromatic N) is 3. The number of benzene rings is 3. The Morgan fingerprint density at radius 3 is 0.780 bits per heavy atom. The summed E-state index contributed by atoms with van der Waals surface area (Å²) in [5, 5.41) is -2.97. The van der Waals surface area contributed by atoms with Gasteiger partial charge < -0.3 is 0 Å². The first kappa shape index (κ1) is 31.7. The second-order valence-electron chi connectivity index (χ2n) is 7.12. The Bertz CT molecular complexity index is 1310. The Morgan fingerprint density at radius 2 is 0.610 bits per heavy atom. The third-order valence-corrected chi connectivity index (χ3v) is 5.62. The predicted molar refractivity (Wildman–Crippen MR) is 110 cm³/mol. The first-order chi connectivity index (χ1) is 18.9. The average molecular weight is 632 g/mol. The van der Waals surface area contributed by atoms with Crippen LogP contribution in [0.2, 0.25) is 0 Å². The second-order valence-corrected chi connectivity index (χ2v) is 8.50. The van der Waals surface area contributed by atoms with Crippen molar-refractivity contribution < 1.29 is 71.1 Å². The summed E-state index contributed by atoms with van der Waals surface area (Å²) in [6.45, 7) is 0. The van der Waals surface area contributed by atoms with Gasteiger partial charge in [0.15, 0.2) is 86.9 Å². The Kier molecular flexibility index (Phi) is 8.98. The van der Waals surface area contributed by atoms with E-state index in [2.05, 4.69) is 13.9 Å². The van der Waals surface area contributed by atoms with Gasteiger partial charge in [-0.05, 0) is 0 Å². The Hall–Kier alpha value is -3.79. The van der Waals surface area contributed by atoms with Crippen molar-refractivity contribution >= 4 is 24.9 Å². The fraction of sp³-hybridized carbons (Fsp3) is 0. The molecule has 0 aliphatic heterocycles. The van der Waals surface area contributed by atoms with Gasteiger partial charge in [-0.15, -0.1) is 13.9 Å². The molecule has 10 nitrogen and oxygen atoms in total. The summed E-state index contributed by atoms with van der Waals surface area (Å²) in [6, 6.07) is -1.02. The third kappa shape index (κ3) is 6.12. The lowest BCUT2D eigenvalue weighted by atomic mass is 10.2. The van der Waals surface area contributed by atoms with E-state index in [0.29, 0.717) is 0 Å². The average Bonchev–Trinajstić information content (AvgIpc) is 2.85. The summed E-state index contributed by atoms with van der Waals surface area (Å²) in [6.07, 6.45) is 0. The highest BCUT2D eigenvalue weighted by atomic mass is 31.2. The molecule has 0 heterocycles. The van der Waals surface area contributed by atoms with E-state index >= 15 is 0 Å². The van der Waals surface area contributed by atoms with Crippen LogP contribution in [0, 0.1) is 69.8 Å². The maximum absolute atomic E-state index is 14.1. The lowest BCUT2D eigenvalue weighted by molar-refractivity contribution is 0.0820. The van der Waals surface area contributed by atoms with Crippen LogP contribution in [-0.4, -0.2) is 0 Å². The van der Waals surface area contributed by atoms with E-state index in [4.69, 9.17) is 17.5 Å². The summed E-state index contributed by atoms with van der Waals surface area (Å²) >= 11 is 0. The van der Waals surface area contributed by atoms with Crippen molar-refractivity contribution in [2.45, 2.75) is 0 Å². The maximum atomic E-state index is 14.1. The molecule has 0 bridgehead atoms. The lowest BCUT2D eigenvalue weighted by Gasteiger charge is -2.29. The largest absolute Gasteiger partial charge is 0.543 e. The molecule has 0 amide bonds. The zero-order chi connectivity index (χ0) is 31.1. The summed E-state index contributed by atoms with van der Waals surface area (Å²) in [7, 11) is -6.43. The van der Waals surface area contributed by atoms with Gasteiger partial charge in [0, 0.05) is 18.2 Å². The fourth-order valence-corrected chi connectivity index (χ4v) is 3.73. The van der Waals surface area contributed by atoms with E-state index in [1.54, 1.807) is 0 Å². The molecule has 0 saturated carbocycles. The van der Waals surface area contributed by atoms with Crippen molar-refractivity contribution in [3.63, 3.8) is 0 Å². The van der Waals surface area contributed by atoms with Crippen LogP contribution in [-0.2, 0) is 18.4 Å². The zero-order valence-corrected chi connectivity index (χ0v) is 19.8. The molecule has 0 unspecified atom stereocenters. The van der Waals surface area contributed by atoms with Gasteiger partial charge in [0.25, 0.3) is 0 Å². The fourth-order valence-electron chi connectivity index (χ4n) is 2.75. The van der Waals surface area contributed by atoms with E-state index in [0.717, 1.165) is 0 Å². The van der Waals surface area contributed by atoms with Crippen LogP contribution < -0.4 is 33.0 Å². The zero-order valence-electron chi connectivity index (χ0n) is 18.9. The van der Waals surface area contributed by atoms with Crippen LogP contribution >= 0.6 is 7.82 Å². The Balaban J connectivity index is 2.13. The van der Waals surface area contributed by atoms with E-state index in [1.165, 1.54) is 0 Å². The highest BCUT2D eigenvalue weighted by molar-refractivity contribution is 7.48. The van der Waals surface area contributed by atoms with Crippen molar-refractivity contribution in [1.82, 2.24) is 0 Å². The molecule has 41 heavy (non-hydrogen) atoms. The molecule has 3 aromatic rings. The monoisotopic (exact) mass is 632 g/mol. The molecule has 23 heteroatoms. The number of halogens is 12. The van der Waals surface area contributed by atoms with Gasteiger partial charge in [-0.25, -0.2) is 74.8 Å². The van der Waals surface area contributed by atoms with Crippen LogP contribution in [0.4, 0.5) is 69.7 Å². The molecule has 0 radical (unpaired) electrons. The normalized spacial score (nSPS) is 11.7. The molecular weight excluding hydrogens is 623 g/mol. The number of anilines is 3. The van der Waals surface area contributed by atoms with Crippen LogP contribution in [0.15, 0.2) is 18.2 Å². The first-order valence-electron chi connectivity index (χ1n) is 9.72. The molecule has 3 aromatic carbocycles. The van der Waals surface area contributed by atoms with Crippen molar-refractivity contribution in [2.24, 2.45) is 17.5 Å². The molecular formula is C18H9F12N6O4P. The molecule has 0 saturated heterocycles. The second kappa shape index (κ2) is 11.6. The molecule has 0 aromatic heterocycles. The number of phosphoric acid groups is 1. The Labute approximate surface area is 217 Å². The minimum atomic E-state index is -6.43. The van der Waals surface area contributed by atoms with E-state index in [9.17, 15) is 57.3 Å². The predicted octanol–water partition coefficient (Wildman–Crippen LogP) is 4.70. The third-order valence-electron chi connectivity index (χ3n) is 4.49. The van der Waals surface area contributed by atoms with E-state index in [-0.39, 0.29) is 18.2 Å². The summed E-state index contributed by atoms with van der Waals surface area (Å²) in [5.74, 6) is -12.0. The van der Waals surface area contributed by atoms with Crippen LogP contribution in [0.25, 0.3) is 0 Å². The molecule has 0 atom stereocenters. The summed E-state index contributed by atoms with van der Waals surface area (Å²) in [4.78, 5) is 0. The van der Waals surface area contributed by atoms with Gasteiger partial charge in [-0.2, -0.15) is 15.5 Å². The summed E-state index contributed by atoms with van der Waals surface area (Å²) < 4.78 is 192. The molecule has 0 aliphatic rings. The smallest absolute Gasteiger partial charge is 0.222 e. The SMILES string of the molecule is NN(OP(=O)(ON(N)c1c(F)c(F)cc(F)c1F)ON(N)c1c(F)c(F)cc(F)c1F)c1c(F)c(F)cc(F)c1F. The van der Waals surface area contributed by atoms with Gasteiger partial charge in [0.1, 0.15) is 0 Å². The van der Waals surface area contributed by atoms with Gasteiger partial charge >= 0.3 is 7.82 Å². The quantitative estimate of drug-likeness (QED) is 0.100. The van der Waals surface area contributed by atoms with Gasteiger partial charge in [-0.1, -0.05) is 0 Å². The van der Waals surface area contributed by atoms with Crippen molar-refractivity contribution in [1.29, 1.82) is 0 Å². The first-order valence-corrected chi connectivity index (χ1v) is 11.2. The number of rotatable bonds is 9. The molecule has 3 rings (SSSR count). The highest BCUT2D eigenvalue weighted by Gasteiger charge is 2.42. The minimum Gasteiger partial charge on any atom is -0.222 e. The highest BCUT2D eigenvalue weighted by Crippen LogP contribution is 2.53. The number of nitrogens with two attached hydrogens (primary N) is 3. The van der Waals surface area contributed by atoms with Gasteiger partial charge in [-0.3, -0.25) is 0 Å². The maximum Gasteiger partial charge on any atom is 0.543 e. The van der Waals surface area contributed by atoms with Crippen LogP contribution in [0.1, 0.15) is 0 Å². The van der Waals surface area contributed by atoms with Gasteiger partial charge in [0.05, 0.1) is 0 Å². The topological polar surface area (TPSA) is 133 Å². The number of hydrogen-bond acceptors (Lipinski definition) is 10. The van der Waals surface area contributed by atoms with Crippen molar-refractivity contribution in [2.75, 3.05) is 15.5 Å². The van der Waals surface area contributed by atoms with Gasteiger partial charge in [0.2, 0.25) is 0 Å². The molecule has 0 aliphatic carbocycles. The van der Waals surface area contributed by atoms with Crippen molar-refractivity contribution in [3.05, 3.63) is 88.0 Å². The van der Waals surface area contributed by atoms with Crippen molar-refractivity contribution in [3.8, 4) is 0 Å². The molecule has 6 N–H and O–H groups in total. The summed E-state index contributed by atoms with van der Waals surface area (Å²) in [5.41, 5.74) is -6.28. The van der Waals surface area contributed by atoms with Crippen LogP contribution in [0.3, 0.4) is 0 Å². The minimum absolute atomic E-state index is 0.341. The van der Waals surface area contributed by atoms with E-state index < -0.39 is 110 Å². The van der Waals surface area contributed by atoms with E-state index in [1.807, 2.05) is 0 Å². The number of hydrazine groups is 3. The van der Waals surface area contributed by atoms with Crippen LogP contribution in [0.5, 0.6) is 0 Å². The standard InChI is InChI=1S/C18H9F12N6O4P/c19-4-1-5(20)11(26)16(10(4)25)34(31)38-41(37,39-35(32)17-12(27)6(21)2-7(22)13(17)28)40-36(33)18-14(29)8(23)3-9(24)15(18)30/h1-3H,31-33H2.